The summed E-state index contributed by atoms with van der Waals surface area (Å²) in [6.07, 6.45) is 4.85. The van der Waals surface area contributed by atoms with Gasteiger partial charge < -0.3 is 5.32 Å². The molecule has 3 atom stereocenters. The lowest BCUT2D eigenvalue weighted by Crippen LogP contribution is -2.30. The highest BCUT2D eigenvalue weighted by molar-refractivity contribution is 5.95. The average Bonchev–Trinajstić information content (AvgIpc) is 3.07. The van der Waals surface area contributed by atoms with Gasteiger partial charge in [0.2, 0.25) is 0 Å². The number of nitrogens with zero attached hydrogens (tertiary/aromatic N) is 1. The molecule has 4 aromatic rings. The van der Waals surface area contributed by atoms with Crippen molar-refractivity contribution in [3.63, 3.8) is 0 Å². The highest BCUT2D eigenvalue weighted by atomic mass is 15.0. The smallest absolute Gasteiger partial charge is 0.0941 e. The van der Waals surface area contributed by atoms with Gasteiger partial charge in [0.15, 0.2) is 0 Å². The van der Waals surface area contributed by atoms with Crippen LogP contribution in [-0.2, 0) is 0 Å². The summed E-state index contributed by atoms with van der Waals surface area (Å²) >= 11 is 0. The molecule has 1 aromatic heterocycles. The minimum atomic E-state index is 0.00902. The molecule has 2 nitrogen and oxygen atoms in total. The first kappa shape index (κ1) is 25.6. The Morgan fingerprint density at radius 3 is 2.33 bits per heavy atom. The summed E-state index contributed by atoms with van der Waals surface area (Å²) in [5, 5.41) is 6.61. The minimum absolute atomic E-state index is 0.00902. The molecule has 3 aromatic carbocycles. The number of rotatable bonds is 5. The summed E-state index contributed by atoms with van der Waals surface area (Å²) in [5.41, 5.74) is 10.5. The number of benzene rings is 3. The second-order valence-corrected chi connectivity index (χ2v) is 12.2. The van der Waals surface area contributed by atoms with Crippen LogP contribution in [0.1, 0.15) is 76.2 Å². The Hall–Kier alpha value is -3.65. The lowest BCUT2D eigenvalue weighted by atomic mass is 9.75. The summed E-state index contributed by atoms with van der Waals surface area (Å²) in [4.78, 5) is 5.35. The van der Waals surface area contributed by atoms with E-state index in [1.807, 2.05) is 0 Å². The number of allylic oxidation sites excluding steroid dienone is 4. The van der Waals surface area contributed by atoms with E-state index in [9.17, 15) is 0 Å². The number of fused-ring (bicyclic) bond motifs is 2. The van der Waals surface area contributed by atoms with E-state index in [-0.39, 0.29) is 6.04 Å². The fraction of sp³-hybridized carbons (Fsp3) is 0.324. The van der Waals surface area contributed by atoms with Crippen molar-refractivity contribution in [3.8, 4) is 11.3 Å². The molecule has 1 aliphatic carbocycles. The van der Waals surface area contributed by atoms with E-state index in [0.29, 0.717) is 23.7 Å². The van der Waals surface area contributed by atoms with Gasteiger partial charge in [-0.15, -0.1) is 0 Å². The average molecular weight is 513 g/mol. The molecule has 0 spiro atoms. The maximum atomic E-state index is 5.35. The number of aromatic nitrogens is 1. The van der Waals surface area contributed by atoms with Crippen molar-refractivity contribution in [1.82, 2.24) is 10.3 Å². The van der Waals surface area contributed by atoms with E-state index in [1.165, 1.54) is 45.2 Å². The highest BCUT2D eigenvalue weighted by Gasteiger charge is 2.35. The third kappa shape index (κ3) is 4.82. The molecule has 1 aliphatic heterocycles. The normalized spacial score (nSPS) is 20.9. The number of pyridine rings is 1. The first-order chi connectivity index (χ1) is 18.9. The Morgan fingerprint density at radius 2 is 1.54 bits per heavy atom. The Kier molecular flexibility index (Phi) is 6.89. The van der Waals surface area contributed by atoms with E-state index in [2.05, 4.69) is 131 Å². The zero-order chi connectivity index (χ0) is 27.1. The SMILES string of the molecule is CC(C)C[C@H]1CC(C(C)C)=CC2=C1NC(c1cccc(-c3cccc4ccccc34)n1)c1ccccc1C2C. The first-order valence-electron chi connectivity index (χ1n) is 14.7. The molecule has 198 valence electrons. The van der Waals surface area contributed by atoms with Crippen molar-refractivity contribution in [2.45, 2.75) is 59.4 Å². The summed E-state index contributed by atoms with van der Waals surface area (Å²) in [5.74, 6) is 2.04. The van der Waals surface area contributed by atoms with Crippen molar-refractivity contribution in [1.29, 1.82) is 0 Å². The van der Waals surface area contributed by atoms with Crippen LogP contribution in [0.4, 0.5) is 0 Å². The Bertz CT molecular complexity index is 1570. The third-order valence-corrected chi connectivity index (χ3v) is 8.71. The number of hydrogen-bond donors (Lipinski definition) is 1. The topological polar surface area (TPSA) is 24.9 Å². The van der Waals surface area contributed by atoms with Crippen LogP contribution in [0.15, 0.2) is 108 Å². The van der Waals surface area contributed by atoms with Gasteiger partial charge in [-0.25, -0.2) is 0 Å². The fourth-order valence-corrected chi connectivity index (χ4v) is 6.70. The van der Waals surface area contributed by atoms with Crippen molar-refractivity contribution < 1.29 is 0 Å². The number of nitrogens with one attached hydrogen (secondary N) is 1. The van der Waals surface area contributed by atoms with Gasteiger partial charge in [0.05, 0.1) is 17.4 Å². The standard InChI is InChI=1S/C37H40N2/c1-23(2)20-28-21-27(24(3)4)22-33-25(5)29-14-8-9-16-32(29)37(39-36(28)33)35-19-11-18-34(38-35)31-17-10-13-26-12-6-7-15-30(26)31/h6-19,22-25,28,37,39H,20-21H2,1-5H3/t25?,28-,37?/m0/s1. The molecule has 2 unspecified atom stereocenters. The van der Waals surface area contributed by atoms with Crippen LogP contribution >= 0.6 is 0 Å². The zero-order valence-corrected chi connectivity index (χ0v) is 23.9. The molecular weight excluding hydrogens is 472 g/mol. The molecule has 0 saturated carbocycles. The van der Waals surface area contributed by atoms with Gasteiger partial charge in [0.1, 0.15) is 0 Å². The van der Waals surface area contributed by atoms with Crippen LogP contribution < -0.4 is 5.32 Å². The molecule has 0 amide bonds. The molecule has 2 heteroatoms. The Morgan fingerprint density at radius 1 is 0.821 bits per heavy atom. The van der Waals surface area contributed by atoms with Gasteiger partial charge >= 0.3 is 0 Å². The molecule has 1 N–H and O–H groups in total. The molecule has 2 aliphatic rings. The van der Waals surface area contributed by atoms with Gasteiger partial charge in [0.25, 0.3) is 0 Å². The van der Waals surface area contributed by atoms with Crippen LogP contribution in [0.25, 0.3) is 22.0 Å². The van der Waals surface area contributed by atoms with Gasteiger partial charge in [0, 0.05) is 23.1 Å². The fourth-order valence-electron chi connectivity index (χ4n) is 6.70. The molecule has 0 saturated heterocycles. The monoisotopic (exact) mass is 512 g/mol. The van der Waals surface area contributed by atoms with Crippen molar-refractivity contribution in [2.24, 2.45) is 17.8 Å². The molecule has 39 heavy (non-hydrogen) atoms. The van der Waals surface area contributed by atoms with Crippen molar-refractivity contribution in [2.75, 3.05) is 0 Å². The molecule has 2 heterocycles. The van der Waals surface area contributed by atoms with E-state index < -0.39 is 0 Å². The van der Waals surface area contributed by atoms with E-state index in [1.54, 1.807) is 5.57 Å². The van der Waals surface area contributed by atoms with Crippen molar-refractivity contribution in [3.05, 3.63) is 125 Å². The van der Waals surface area contributed by atoms with Crippen LogP contribution in [-0.4, -0.2) is 4.98 Å². The van der Waals surface area contributed by atoms with Gasteiger partial charge in [-0.05, 0) is 64.3 Å². The van der Waals surface area contributed by atoms with Gasteiger partial charge in [-0.1, -0.05) is 119 Å². The molecule has 0 radical (unpaired) electrons. The predicted octanol–water partition coefficient (Wildman–Crippen LogP) is 9.60. The van der Waals surface area contributed by atoms with Gasteiger partial charge in [-0.2, -0.15) is 0 Å². The maximum Gasteiger partial charge on any atom is 0.0941 e. The zero-order valence-electron chi connectivity index (χ0n) is 23.9. The second kappa shape index (κ2) is 10.5. The predicted molar refractivity (Wildman–Crippen MR) is 165 cm³/mol. The lowest BCUT2D eigenvalue weighted by molar-refractivity contribution is 0.407. The van der Waals surface area contributed by atoms with Crippen LogP contribution in [0.3, 0.4) is 0 Å². The van der Waals surface area contributed by atoms with Crippen LogP contribution in [0.5, 0.6) is 0 Å². The molecule has 0 bridgehead atoms. The lowest BCUT2D eigenvalue weighted by Gasteiger charge is -2.34. The first-order valence-corrected chi connectivity index (χ1v) is 14.7. The largest absolute Gasteiger partial charge is 0.376 e. The third-order valence-electron chi connectivity index (χ3n) is 8.71. The highest BCUT2D eigenvalue weighted by Crippen LogP contribution is 2.46. The van der Waals surface area contributed by atoms with Crippen LogP contribution in [0.2, 0.25) is 0 Å². The molecule has 6 rings (SSSR count). The molecule has 0 fully saturated rings. The second-order valence-electron chi connectivity index (χ2n) is 12.2. The summed E-state index contributed by atoms with van der Waals surface area (Å²) in [6, 6.07) is 30.7. The quantitative estimate of drug-likeness (QED) is 0.288. The minimum Gasteiger partial charge on any atom is -0.376 e. The van der Waals surface area contributed by atoms with Crippen molar-refractivity contribution >= 4 is 10.8 Å². The van der Waals surface area contributed by atoms with E-state index >= 15 is 0 Å². The Balaban J connectivity index is 1.50. The summed E-state index contributed by atoms with van der Waals surface area (Å²) in [6.45, 7) is 11.8. The maximum absolute atomic E-state index is 5.35. The van der Waals surface area contributed by atoms with E-state index in [4.69, 9.17) is 4.98 Å². The van der Waals surface area contributed by atoms with Gasteiger partial charge in [-0.3, -0.25) is 4.98 Å². The van der Waals surface area contributed by atoms with E-state index in [0.717, 1.165) is 17.8 Å². The number of hydrogen-bond acceptors (Lipinski definition) is 2. The molecular formula is C37H40N2. The Labute approximate surface area is 233 Å². The van der Waals surface area contributed by atoms with Crippen LogP contribution in [0, 0.1) is 17.8 Å². The summed E-state index contributed by atoms with van der Waals surface area (Å²) < 4.78 is 0. The summed E-state index contributed by atoms with van der Waals surface area (Å²) in [7, 11) is 0.